The molecule has 1 unspecified atom stereocenters. The van der Waals surface area contributed by atoms with Crippen LogP contribution in [0.15, 0.2) is 23.3 Å². The Hall–Kier alpha value is -2.03. The number of nitrogens with one attached hydrogen (secondary N) is 2. The van der Waals surface area contributed by atoms with Gasteiger partial charge >= 0.3 is 6.18 Å². The minimum absolute atomic E-state index is 0.181. The molecule has 1 fully saturated rings. The lowest BCUT2D eigenvalue weighted by Crippen LogP contribution is -2.41. The molecule has 1 aliphatic rings. The summed E-state index contributed by atoms with van der Waals surface area (Å²) < 4.78 is 42.2. The molecule has 9 heteroatoms. The van der Waals surface area contributed by atoms with E-state index in [0.717, 1.165) is 24.5 Å². The number of rotatable bonds is 6. The second-order valence-corrected chi connectivity index (χ2v) is 6.14. The Balaban J connectivity index is 1.89. The molecule has 0 aliphatic carbocycles. The third-order valence-electron chi connectivity index (χ3n) is 3.84. The molecule has 1 aromatic rings. The SMILES string of the molecule is CCNC(=NCc1ccc(N2CCOC(C)C2)nc1)NCCC(F)(F)F. The van der Waals surface area contributed by atoms with Crippen LogP contribution in [-0.4, -0.2) is 56.0 Å². The van der Waals surface area contributed by atoms with Gasteiger partial charge in [0.1, 0.15) is 5.82 Å². The van der Waals surface area contributed by atoms with Crippen molar-refractivity contribution in [3.63, 3.8) is 0 Å². The summed E-state index contributed by atoms with van der Waals surface area (Å²) >= 11 is 0. The molecule has 26 heavy (non-hydrogen) atoms. The Morgan fingerprint density at radius 3 is 2.81 bits per heavy atom. The molecule has 0 radical (unpaired) electrons. The fraction of sp³-hybridized carbons (Fsp3) is 0.647. The maximum atomic E-state index is 12.2. The van der Waals surface area contributed by atoms with Crippen LogP contribution >= 0.6 is 0 Å². The maximum Gasteiger partial charge on any atom is 0.390 e. The molecule has 0 aromatic carbocycles. The zero-order valence-electron chi connectivity index (χ0n) is 15.1. The van der Waals surface area contributed by atoms with Crippen molar-refractivity contribution in [1.82, 2.24) is 15.6 Å². The lowest BCUT2D eigenvalue weighted by molar-refractivity contribution is -0.132. The van der Waals surface area contributed by atoms with Crippen LogP contribution in [0.25, 0.3) is 0 Å². The minimum Gasteiger partial charge on any atom is -0.375 e. The zero-order chi connectivity index (χ0) is 19.0. The number of anilines is 1. The van der Waals surface area contributed by atoms with Crippen molar-refractivity contribution in [2.24, 2.45) is 4.99 Å². The van der Waals surface area contributed by atoms with Crippen LogP contribution in [0, 0.1) is 0 Å². The molecule has 6 nitrogen and oxygen atoms in total. The maximum absolute atomic E-state index is 12.2. The Kier molecular flexibility index (Phi) is 7.50. The Morgan fingerprint density at radius 2 is 2.19 bits per heavy atom. The molecule has 0 amide bonds. The molecule has 1 atom stereocenters. The molecule has 0 bridgehead atoms. The quantitative estimate of drug-likeness (QED) is 0.592. The molecule has 2 rings (SSSR count). The van der Waals surface area contributed by atoms with Gasteiger partial charge in [-0.05, 0) is 25.5 Å². The normalized spacial score (nSPS) is 18.7. The van der Waals surface area contributed by atoms with E-state index in [9.17, 15) is 13.2 Å². The predicted molar refractivity (Wildman–Crippen MR) is 95.4 cm³/mol. The highest BCUT2D eigenvalue weighted by molar-refractivity contribution is 5.79. The summed E-state index contributed by atoms with van der Waals surface area (Å²) in [5.74, 6) is 1.26. The number of morpholine rings is 1. The molecular formula is C17H26F3N5O. The Morgan fingerprint density at radius 1 is 1.38 bits per heavy atom. The summed E-state index contributed by atoms with van der Waals surface area (Å²) in [6.07, 6.45) is -3.15. The first-order chi connectivity index (χ1) is 12.4. The number of guanidine groups is 1. The second-order valence-electron chi connectivity index (χ2n) is 6.14. The molecule has 1 aliphatic heterocycles. The average molecular weight is 373 g/mol. The fourth-order valence-electron chi connectivity index (χ4n) is 2.56. The van der Waals surface area contributed by atoms with Crippen molar-refractivity contribution >= 4 is 11.8 Å². The van der Waals surface area contributed by atoms with Crippen molar-refractivity contribution in [2.45, 2.75) is 39.1 Å². The highest BCUT2D eigenvalue weighted by Gasteiger charge is 2.26. The number of alkyl halides is 3. The molecule has 0 saturated carbocycles. The highest BCUT2D eigenvalue weighted by Crippen LogP contribution is 2.18. The molecular weight excluding hydrogens is 347 g/mol. The monoisotopic (exact) mass is 373 g/mol. The molecule has 2 heterocycles. The van der Waals surface area contributed by atoms with Gasteiger partial charge in [0.05, 0.1) is 25.7 Å². The number of pyridine rings is 1. The van der Waals surface area contributed by atoms with Crippen LogP contribution in [-0.2, 0) is 11.3 Å². The molecule has 2 N–H and O–H groups in total. The van der Waals surface area contributed by atoms with Crippen molar-refractivity contribution in [2.75, 3.05) is 37.7 Å². The van der Waals surface area contributed by atoms with Crippen LogP contribution in [0.1, 0.15) is 25.8 Å². The van der Waals surface area contributed by atoms with E-state index in [1.807, 2.05) is 26.0 Å². The first-order valence-electron chi connectivity index (χ1n) is 8.78. The zero-order valence-corrected chi connectivity index (χ0v) is 15.1. The summed E-state index contributed by atoms with van der Waals surface area (Å²) in [5.41, 5.74) is 0.892. The van der Waals surface area contributed by atoms with E-state index in [1.165, 1.54) is 0 Å². The first kappa shape index (κ1) is 20.3. The van der Waals surface area contributed by atoms with E-state index in [1.54, 1.807) is 6.20 Å². The number of ether oxygens (including phenoxy) is 1. The van der Waals surface area contributed by atoms with Gasteiger partial charge in [-0.2, -0.15) is 13.2 Å². The van der Waals surface area contributed by atoms with E-state index in [0.29, 0.717) is 25.7 Å². The van der Waals surface area contributed by atoms with Crippen LogP contribution in [0.2, 0.25) is 0 Å². The van der Waals surface area contributed by atoms with E-state index in [-0.39, 0.29) is 12.6 Å². The number of hydrogen-bond donors (Lipinski definition) is 2. The van der Waals surface area contributed by atoms with Gasteiger partial charge in [0, 0.05) is 32.4 Å². The lowest BCUT2D eigenvalue weighted by atomic mass is 10.2. The number of nitrogens with zero attached hydrogens (tertiary/aromatic N) is 3. The van der Waals surface area contributed by atoms with Crippen LogP contribution in [0.3, 0.4) is 0 Å². The summed E-state index contributed by atoms with van der Waals surface area (Å²) in [7, 11) is 0. The number of aromatic nitrogens is 1. The van der Waals surface area contributed by atoms with Gasteiger partial charge < -0.3 is 20.3 Å². The predicted octanol–water partition coefficient (Wildman–Crippen LogP) is 2.31. The molecule has 1 saturated heterocycles. The van der Waals surface area contributed by atoms with E-state index in [4.69, 9.17) is 4.74 Å². The smallest absolute Gasteiger partial charge is 0.375 e. The minimum atomic E-state index is -4.18. The number of halogens is 3. The van der Waals surface area contributed by atoms with Crippen molar-refractivity contribution < 1.29 is 17.9 Å². The summed E-state index contributed by atoms with van der Waals surface area (Å²) in [6.45, 7) is 6.90. The van der Waals surface area contributed by atoms with Crippen molar-refractivity contribution in [3.05, 3.63) is 23.9 Å². The third kappa shape index (κ3) is 7.07. The first-order valence-corrected chi connectivity index (χ1v) is 8.78. The molecule has 1 aromatic heterocycles. The fourth-order valence-corrected chi connectivity index (χ4v) is 2.56. The molecule has 0 spiro atoms. The van der Waals surface area contributed by atoms with Crippen LogP contribution in [0.5, 0.6) is 0 Å². The summed E-state index contributed by atoms with van der Waals surface area (Å²) in [5, 5.41) is 5.63. The van der Waals surface area contributed by atoms with Crippen molar-refractivity contribution in [3.8, 4) is 0 Å². The largest absolute Gasteiger partial charge is 0.390 e. The topological polar surface area (TPSA) is 61.8 Å². The number of aliphatic imine (C=N–C) groups is 1. The van der Waals surface area contributed by atoms with Gasteiger partial charge in [-0.25, -0.2) is 9.98 Å². The highest BCUT2D eigenvalue weighted by atomic mass is 19.4. The van der Waals surface area contributed by atoms with Gasteiger partial charge in [-0.1, -0.05) is 6.07 Å². The van der Waals surface area contributed by atoms with Gasteiger partial charge in [-0.3, -0.25) is 0 Å². The Bertz CT molecular complexity index is 577. The van der Waals surface area contributed by atoms with Gasteiger partial charge in [-0.15, -0.1) is 0 Å². The van der Waals surface area contributed by atoms with E-state index < -0.39 is 12.6 Å². The average Bonchev–Trinajstić information content (AvgIpc) is 2.59. The second kappa shape index (κ2) is 9.61. The van der Waals surface area contributed by atoms with E-state index >= 15 is 0 Å². The van der Waals surface area contributed by atoms with Gasteiger partial charge in [0.15, 0.2) is 5.96 Å². The standard InChI is InChI=1S/C17H26F3N5O/c1-3-21-16(22-7-6-17(18,19)20)24-11-14-4-5-15(23-10-14)25-8-9-26-13(2)12-25/h4-5,10,13H,3,6-9,11-12H2,1-2H3,(H2,21,22,24). The third-order valence-corrected chi connectivity index (χ3v) is 3.84. The summed E-state index contributed by atoms with van der Waals surface area (Å²) in [6, 6.07) is 3.87. The van der Waals surface area contributed by atoms with E-state index in [2.05, 4.69) is 25.5 Å². The van der Waals surface area contributed by atoms with Gasteiger partial charge in [0.2, 0.25) is 0 Å². The number of hydrogen-bond acceptors (Lipinski definition) is 4. The Labute approximate surface area is 151 Å². The van der Waals surface area contributed by atoms with Gasteiger partial charge in [0.25, 0.3) is 0 Å². The van der Waals surface area contributed by atoms with Crippen LogP contribution < -0.4 is 15.5 Å². The van der Waals surface area contributed by atoms with Crippen molar-refractivity contribution in [1.29, 1.82) is 0 Å². The lowest BCUT2D eigenvalue weighted by Gasteiger charge is -2.32. The van der Waals surface area contributed by atoms with Crippen LogP contribution in [0.4, 0.5) is 19.0 Å². The molecule has 146 valence electrons. The summed E-state index contributed by atoms with van der Waals surface area (Å²) in [4.78, 5) is 10.9.